The fraction of sp³-hybridized carbons (Fsp3) is 0.200. The van der Waals surface area contributed by atoms with Crippen molar-refractivity contribution in [2.45, 2.75) is 19.9 Å². The van der Waals surface area contributed by atoms with Gasteiger partial charge in [0.05, 0.1) is 6.04 Å². The summed E-state index contributed by atoms with van der Waals surface area (Å²) in [6.45, 7) is 4.16. The molecule has 0 saturated heterocycles. The summed E-state index contributed by atoms with van der Waals surface area (Å²) in [4.78, 5) is 0. The second kappa shape index (κ2) is 5.43. The highest BCUT2D eigenvalue weighted by Crippen LogP contribution is 2.30. The van der Waals surface area contributed by atoms with E-state index in [9.17, 15) is 0 Å². The molecule has 94 valence electrons. The van der Waals surface area contributed by atoms with Crippen LogP contribution in [0.3, 0.4) is 0 Å². The first-order valence-corrected chi connectivity index (χ1v) is 6.93. The second-order valence-corrected chi connectivity index (χ2v) is 5.86. The van der Waals surface area contributed by atoms with Crippen LogP contribution in [0, 0.1) is 13.8 Å². The maximum Gasteiger partial charge on any atom is 0.0563 e. The van der Waals surface area contributed by atoms with E-state index < -0.39 is 0 Å². The van der Waals surface area contributed by atoms with Gasteiger partial charge in [-0.1, -0.05) is 56.9 Å². The molecular weight excluding hydrogens is 310 g/mol. The molecule has 0 saturated carbocycles. The average Bonchev–Trinajstić information content (AvgIpc) is 2.30. The summed E-state index contributed by atoms with van der Waals surface area (Å²) in [6, 6.07) is 11.9. The van der Waals surface area contributed by atoms with Crippen LogP contribution < -0.4 is 5.73 Å². The van der Waals surface area contributed by atoms with Crippen molar-refractivity contribution in [3.05, 3.63) is 68.1 Å². The average molecular weight is 325 g/mol. The Morgan fingerprint density at radius 3 is 2.28 bits per heavy atom. The van der Waals surface area contributed by atoms with Crippen LogP contribution in [0.15, 0.2) is 40.9 Å². The molecule has 0 aliphatic heterocycles. The molecule has 3 heteroatoms. The lowest BCUT2D eigenvalue weighted by Crippen LogP contribution is -2.13. The lowest BCUT2D eigenvalue weighted by molar-refractivity contribution is 0.862. The molecule has 1 nitrogen and oxygen atoms in total. The van der Waals surface area contributed by atoms with Crippen molar-refractivity contribution >= 4 is 27.5 Å². The predicted octanol–water partition coefficient (Wildman–Crippen LogP) is 4.77. The Labute approximate surface area is 121 Å². The van der Waals surface area contributed by atoms with Crippen LogP contribution in [0.1, 0.15) is 28.3 Å². The maximum atomic E-state index is 6.34. The van der Waals surface area contributed by atoms with Crippen molar-refractivity contribution in [1.82, 2.24) is 0 Å². The van der Waals surface area contributed by atoms with Crippen LogP contribution in [0.5, 0.6) is 0 Å². The summed E-state index contributed by atoms with van der Waals surface area (Å²) < 4.78 is 0.985. The summed E-state index contributed by atoms with van der Waals surface area (Å²) in [6.07, 6.45) is 0. The van der Waals surface area contributed by atoms with Gasteiger partial charge in [-0.3, -0.25) is 0 Å². The number of benzene rings is 2. The molecule has 2 N–H and O–H groups in total. The predicted molar refractivity (Wildman–Crippen MR) is 81.1 cm³/mol. The van der Waals surface area contributed by atoms with E-state index >= 15 is 0 Å². The van der Waals surface area contributed by atoms with Gasteiger partial charge in [0.15, 0.2) is 0 Å². The van der Waals surface area contributed by atoms with E-state index in [0.717, 1.165) is 15.6 Å². The molecule has 2 aromatic carbocycles. The van der Waals surface area contributed by atoms with E-state index in [2.05, 4.69) is 48.0 Å². The molecule has 0 aromatic heterocycles. The van der Waals surface area contributed by atoms with E-state index in [4.69, 9.17) is 17.3 Å². The van der Waals surface area contributed by atoms with Gasteiger partial charge in [-0.25, -0.2) is 0 Å². The molecule has 18 heavy (non-hydrogen) atoms. The summed E-state index contributed by atoms with van der Waals surface area (Å²) >= 11 is 9.56. The standard InChI is InChI=1S/C15H15BrClN/c1-9-5-10(2)7-11(6-9)15(18)13-8-12(17)3-4-14(13)16/h3-8,15H,18H2,1-2H3. The van der Waals surface area contributed by atoms with Gasteiger partial charge in [0.2, 0.25) is 0 Å². The molecule has 1 unspecified atom stereocenters. The van der Waals surface area contributed by atoms with Gasteiger partial charge in [-0.2, -0.15) is 0 Å². The van der Waals surface area contributed by atoms with Crippen molar-refractivity contribution in [1.29, 1.82) is 0 Å². The molecular formula is C15H15BrClN. The third-order valence-electron chi connectivity index (χ3n) is 2.90. The van der Waals surface area contributed by atoms with Crippen LogP contribution in [0.2, 0.25) is 5.02 Å². The number of hydrogen-bond donors (Lipinski definition) is 1. The summed E-state index contributed by atoms with van der Waals surface area (Å²) in [7, 11) is 0. The van der Waals surface area contributed by atoms with Crippen LogP contribution in [0.25, 0.3) is 0 Å². The SMILES string of the molecule is Cc1cc(C)cc(C(N)c2cc(Cl)ccc2Br)c1. The summed E-state index contributed by atoms with van der Waals surface area (Å²) in [5.74, 6) is 0. The molecule has 0 aliphatic carbocycles. The quantitative estimate of drug-likeness (QED) is 0.846. The Bertz CT molecular complexity index is 560. The number of hydrogen-bond acceptors (Lipinski definition) is 1. The molecule has 0 amide bonds. The Kier molecular flexibility index (Phi) is 4.10. The first-order valence-electron chi connectivity index (χ1n) is 5.76. The van der Waals surface area contributed by atoms with Crippen molar-refractivity contribution in [2.24, 2.45) is 5.73 Å². The minimum absolute atomic E-state index is 0.170. The third-order valence-corrected chi connectivity index (χ3v) is 3.85. The van der Waals surface area contributed by atoms with Crippen molar-refractivity contribution in [3.63, 3.8) is 0 Å². The third kappa shape index (κ3) is 2.94. The highest BCUT2D eigenvalue weighted by atomic mass is 79.9. The smallest absolute Gasteiger partial charge is 0.0563 e. The largest absolute Gasteiger partial charge is 0.320 e. The first-order chi connectivity index (χ1) is 8.47. The number of halogens is 2. The van der Waals surface area contributed by atoms with Crippen LogP contribution >= 0.6 is 27.5 Å². The number of nitrogens with two attached hydrogens (primary N) is 1. The van der Waals surface area contributed by atoms with Crippen molar-refractivity contribution < 1.29 is 0 Å². The number of aryl methyl sites for hydroxylation is 2. The van der Waals surface area contributed by atoms with Crippen molar-refractivity contribution in [3.8, 4) is 0 Å². The van der Waals surface area contributed by atoms with Crippen molar-refractivity contribution in [2.75, 3.05) is 0 Å². The highest BCUT2D eigenvalue weighted by Gasteiger charge is 2.13. The minimum atomic E-state index is -0.170. The molecule has 0 radical (unpaired) electrons. The zero-order chi connectivity index (χ0) is 13.3. The first kappa shape index (κ1) is 13.6. The van der Waals surface area contributed by atoms with Gasteiger partial charge in [0.25, 0.3) is 0 Å². The topological polar surface area (TPSA) is 26.0 Å². The van der Waals surface area contributed by atoms with Gasteiger partial charge in [0.1, 0.15) is 0 Å². The van der Waals surface area contributed by atoms with Gasteiger partial charge in [0, 0.05) is 9.50 Å². The molecule has 1 atom stereocenters. The molecule has 0 aliphatic rings. The highest BCUT2D eigenvalue weighted by molar-refractivity contribution is 9.10. The van der Waals surface area contributed by atoms with Gasteiger partial charge in [-0.15, -0.1) is 0 Å². The zero-order valence-corrected chi connectivity index (χ0v) is 12.7. The Morgan fingerprint density at radius 2 is 1.67 bits per heavy atom. The summed E-state index contributed by atoms with van der Waals surface area (Å²) in [5.41, 5.74) is 10.9. The van der Waals surface area contributed by atoms with E-state index in [1.807, 2.05) is 18.2 Å². The fourth-order valence-corrected chi connectivity index (χ4v) is 2.80. The molecule has 2 aromatic rings. The monoisotopic (exact) mass is 323 g/mol. The Balaban J connectivity index is 2.47. The van der Waals surface area contributed by atoms with E-state index in [1.165, 1.54) is 11.1 Å². The van der Waals surface area contributed by atoms with E-state index in [1.54, 1.807) is 0 Å². The number of rotatable bonds is 2. The minimum Gasteiger partial charge on any atom is -0.320 e. The lowest BCUT2D eigenvalue weighted by atomic mass is 9.96. The van der Waals surface area contributed by atoms with Crippen LogP contribution in [0.4, 0.5) is 0 Å². The fourth-order valence-electron chi connectivity index (χ4n) is 2.12. The molecule has 0 heterocycles. The van der Waals surface area contributed by atoms with Crippen LogP contribution in [-0.2, 0) is 0 Å². The lowest BCUT2D eigenvalue weighted by Gasteiger charge is -2.16. The molecule has 0 fully saturated rings. The maximum absolute atomic E-state index is 6.34. The van der Waals surface area contributed by atoms with E-state index in [-0.39, 0.29) is 6.04 Å². The van der Waals surface area contributed by atoms with Crippen LogP contribution in [-0.4, -0.2) is 0 Å². The molecule has 0 bridgehead atoms. The van der Waals surface area contributed by atoms with Gasteiger partial charge >= 0.3 is 0 Å². The summed E-state index contributed by atoms with van der Waals surface area (Å²) in [5, 5.41) is 0.702. The molecule has 0 spiro atoms. The van der Waals surface area contributed by atoms with Gasteiger partial charge in [-0.05, 0) is 43.2 Å². The van der Waals surface area contributed by atoms with Gasteiger partial charge < -0.3 is 5.73 Å². The Hall–Kier alpha value is -0.830. The second-order valence-electron chi connectivity index (χ2n) is 4.56. The Morgan fingerprint density at radius 1 is 1.06 bits per heavy atom. The zero-order valence-electron chi connectivity index (χ0n) is 10.4. The van der Waals surface area contributed by atoms with E-state index in [0.29, 0.717) is 5.02 Å². The normalized spacial score (nSPS) is 12.5. The molecule has 2 rings (SSSR count).